The van der Waals surface area contributed by atoms with E-state index in [9.17, 15) is 20.4 Å². The van der Waals surface area contributed by atoms with Gasteiger partial charge in [0.05, 0.1) is 35.4 Å². The standard InChI is InChI=1S/C23H35ClO5S/c1-29-15-17(26)6-4-2-3-5-7-19-20(22(28)14-21(19)27)12-9-16(25)8-10-18-11-13-23(24)30-18/h3,5,9,11-13,16-17,19-22,25-28H,2,4,6-8,10,14-15H2,1H3/b5-3+,12-9+. The summed E-state index contributed by atoms with van der Waals surface area (Å²) in [6.07, 6.45) is 10.4. The topological polar surface area (TPSA) is 90.2 Å². The van der Waals surface area contributed by atoms with Crippen molar-refractivity contribution in [3.05, 3.63) is 45.7 Å². The highest BCUT2D eigenvalue weighted by Crippen LogP contribution is 2.36. The van der Waals surface area contributed by atoms with Crippen LogP contribution >= 0.6 is 22.9 Å². The number of halogens is 1. The van der Waals surface area contributed by atoms with Gasteiger partial charge >= 0.3 is 0 Å². The Morgan fingerprint density at radius 3 is 2.70 bits per heavy atom. The predicted molar refractivity (Wildman–Crippen MR) is 122 cm³/mol. The van der Waals surface area contributed by atoms with E-state index in [1.165, 1.54) is 11.3 Å². The van der Waals surface area contributed by atoms with Gasteiger partial charge in [-0.2, -0.15) is 0 Å². The average molecular weight is 459 g/mol. The summed E-state index contributed by atoms with van der Waals surface area (Å²) in [4.78, 5) is 1.14. The van der Waals surface area contributed by atoms with Gasteiger partial charge in [-0.25, -0.2) is 0 Å². The molecule has 1 heterocycles. The molecule has 6 atom stereocenters. The summed E-state index contributed by atoms with van der Waals surface area (Å²) in [6.45, 7) is 0.358. The first kappa shape index (κ1) is 25.5. The number of aliphatic hydroxyl groups excluding tert-OH is 4. The summed E-state index contributed by atoms with van der Waals surface area (Å²) in [5.74, 6) is -0.228. The molecule has 1 saturated carbocycles. The van der Waals surface area contributed by atoms with Crippen LogP contribution in [0.1, 0.15) is 43.4 Å². The number of hydrogen-bond donors (Lipinski definition) is 4. The summed E-state index contributed by atoms with van der Waals surface area (Å²) in [5, 5.41) is 40.6. The molecule has 1 aromatic rings. The molecule has 1 fully saturated rings. The number of aryl methyl sites for hydroxylation is 1. The monoisotopic (exact) mass is 458 g/mol. The van der Waals surface area contributed by atoms with E-state index in [4.69, 9.17) is 16.3 Å². The van der Waals surface area contributed by atoms with Gasteiger partial charge in [-0.05, 0) is 56.6 Å². The second-order valence-electron chi connectivity index (χ2n) is 8.06. The fraction of sp³-hybridized carbons (Fsp3) is 0.652. The molecule has 2 rings (SSSR count). The smallest absolute Gasteiger partial charge is 0.0931 e. The van der Waals surface area contributed by atoms with E-state index in [1.807, 2.05) is 24.3 Å². The van der Waals surface area contributed by atoms with E-state index >= 15 is 0 Å². The normalized spacial score (nSPS) is 26.7. The maximum absolute atomic E-state index is 10.3. The Kier molecular flexibility index (Phi) is 11.6. The minimum atomic E-state index is -0.595. The van der Waals surface area contributed by atoms with Gasteiger partial charge in [0, 0.05) is 24.3 Å². The number of unbranched alkanes of at least 4 members (excludes halogenated alkanes) is 1. The Balaban J connectivity index is 1.77. The molecule has 0 amide bonds. The van der Waals surface area contributed by atoms with Gasteiger partial charge in [-0.1, -0.05) is 35.9 Å². The largest absolute Gasteiger partial charge is 0.393 e. The van der Waals surface area contributed by atoms with E-state index in [0.717, 1.165) is 28.5 Å². The highest BCUT2D eigenvalue weighted by Gasteiger charge is 2.39. The molecule has 0 radical (unpaired) electrons. The summed E-state index contributed by atoms with van der Waals surface area (Å²) < 4.78 is 5.66. The zero-order chi connectivity index (χ0) is 21.9. The molecule has 0 spiro atoms. The second kappa shape index (κ2) is 13.6. The molecule has 0 aromatic carbocycles. The van der Waals surface area contributed by atoms with Crippen LogP contribution in [0.5, 0.6) is 0 Å². The third-order valence-corrected chi connectivity index (χ3v) is 6.92. The molecule has 0 bridgehead atoms. The Morgan fingerprint density at radius 2 is 2.00 bits per heavy atom. The van der Waals surface area contributed by atoms with Crippen LogP contribution in [0.2, 0.25) is 4.34 Å². The first-order chi connectivity index (χ1) is 14.4. The van der Waals surface area contributed by atoms with Crippen LogP contribution in [-0.4, -0.2) is 58.6 Å². The van der Waals surface area contributed by atoms with Gasteiger partial charge < -0.3 is 25.2 Å². The molecule has 4 N–H and O–H groups in total. The molecule has 0 aliphatic heterocycles. The lowest BCUT2D eigenvalue weighted by Gasteiger charge is -2.19. The second-order valence-corrected chi connectivity index (χ2v) is 9.86. The Morgan fingerprint density at radius 1 is 1.20 bits per heavy atom. The number of thiophene rings is 1. The van der Waals surface area contributed by atoms with Crippen LogP contribution in [0.4, 0.5) is 0 Å². The van der Waals surface area contributed by atoms with Crippen LogP contribution in [0.15, 0.2) is 36.4 Å². The van der Waals surface area contributed by atoms with Crippen molar-refractivity contribution < 1.29 is 25.2 Å². The Bertz CT molecular complexity index is 662. The number of hydrogen-bond acceptors (Lipinski definition) is 6. The maximum Gasteiger partial charge on any atom is 0.0931 e. The fourth-order valence-corrected chi connectivity index (χ4v) is 5.06. The van der Waals surface area contributed by atoms with E-state index in [1.54, 1.807) is 13.2 Å². The molecule has 5 nitrogen and oxygen atoms in total. The van der Waals surface area contributed by atoms with Crippen molar-refractivity contribution in [3.8, 4) is 0 Å². The summed E-state index contributed by atoms with van der Waals surface area (Å²) in [5.41, 5.74) is 0. The van der Waals surface area contributed by atoms with Gasteiger partial charge in [0.1, 0.15) is 0 Å². The minimum absolute atomic E-state index is 0.0603. The fourth-order valence-electron chi connectivity index (χ4n) is 3.95. The van der Waals surface area contributed by atoms with Gasteiger partial charge in [0.25, 0.3) is 0 Å². The van der Waals surface area contributed by atoms with Gasteiger partial charge in [-0.15, -0.1) is 11.3 Å². The number of aliphatic hydroxyl groups is 4. The molecule has 6 unspecified atom stereocenters. The predicted octanol–water partition coefficient (Wildman–Crippen LogP) is 3.73. The molecule has 1 aliphatic rings. The van der Waals surface area contributed by atoms with E-state index in [-0.39, 0.29) is 11.8 Å². The molecular weight excluding hydrogens is 424 g/mol. The van der Waals surface area contributed by atoms with Gasteiger partial charge in [0.2, 0.25) is 0 Å². The average Bonchev–Trinajstić information content (AvgIpc) is 3.23. The summed E-state index contributed by atoms with van der Waals surface area (Å²) >= 11 is 7.46. The highest BCUT2D eigenvalue weighted by atomic mass is 35.5. The lowest BCUT2D eigenvalue weighted by molar-refractivity contribution is 0.0582. The summed E-state index contributed by atoms with van der Waals surface area (Å²) in [7, 11) is 1.58. The number of allylic oxidation sites excluding steroid dienone is 2. The molecule has 1 aliphatic carbocycles. The first-order valence-corrected chi connectivity index (χ1v) is 11.9. The van der Waals surface area contributed by atoms with Crippen molar-refractivity contribution in [2.24, 2.45) is 11.8 Å². The molecular formula is C23H35ClO5S. The molecule has 0 saturated heterocycles. The molecule has 7 heteroatoms. The lowest BCUT2D eigenvalue weighted by atomic mass is 9.89. The molecule has 170 valence electrons. The van der Waals surface area contributed by atoms with Crippen molar-refractivity contribution in [2.75, 3.05) is 13.7 Å². The van der Waals surface area contributed by atoms with Crippen LogP contribution in [0.25, 0.3) is 0 Å². The number of ether oxygens (including phenoxy) is 1. The van der Waals surface area contributed by atoms with Crippen LogP contribution in [0.3, 0.4) is 0 Å². The third kappa shape index (κ3) is 8.79. The maximum atomic E-state index is 10.3. The van der Waals surface area contributed by atoms with Crippen LogP contribution in [0, 0.1) is 11.8 Å². The summed E-state index contributed by atoms with van der Waals surface area (Å²) in [6, 6.07) is 3.83. The van der Waals surface area contributed by atoms with Crippen molar-refractivity contribution >= 4 is 22.9 Å². The Hall–Kier alpha value is -0.730. The van der Waals surface area contributed by atoms with Crippen molar-refractivity contribution in [1.82, 2.24) is 0 Å². The molecule has 1 aromatic heterocycles. The van der Waals surface area contributed by atoms with Crippen molar-refractivity contribution in [1.29, 1.82) is 0 Å². The first-order valence-electron chi connectivity index (χ1n) is 10.7. The Labute approximate surface area is 188 Å². The number of rotatable bonds is 13. The highest BCUT2D eigenvalue weighted by molar-refractivity contribution is 7.16. The zero-order valence-corrected chi connectivity index (χ0v) is 19.1. The van der Waals surface area contributed by atoms with E-state index in [2.05, 4.69) is 6.08 Å². The van der Waals surface area contributed by atoms with Gasteiger partial charge in [-0.3, -0.25) is 0 Å². The van der Waals surface area contributed by atoms with Crippen LogP contribution in [-0.2, 0) is 11.2 Å². The van der Waals surface area contributed by atoms with Crippen molar-refractivity contribution in [3.63, 3.8) is 0 Å². The van der Waals surface area contributed by atoms with Gasteiger partial charge in [0.15, 0.2) is 0 Å². The zero-order valence-electron chi connectivity index (χ0n) is 17.6. The SMILES string of the molecule is COCC(O)CCC/C=C/CC1C(O)CC(O)C1/C=C/C(O)CCc1ccc(Cl)s1. The van der Waals surface area contributed by atoms with E-state index < -0.39 is 24.4 Å². The number of methoxy groups -OCH3 is 1. The van der Waals surface area contributed by atoms with E-state index in [0.29, 0.717) is 32.3 Å². The van der Waals surface area contributed by atoms with Crippen molar-refractivity contribution in [2.45, 2.75) is 69.4 Å². The molecule has 30 heavy (non-hydrogen) atoms. The van der Waals surface area contributed by atoms with Crippen LogP contribution < -0.4 is 0 Å². The lowest BCUT2D eigenvalue weighted by Crippen LogP contribution is -2.20. The quantitative estimate of drug-likeness (QED) is 0.267. The minimum Gasteiger partial charge on any atom is -0.393 e. The third-order valence-electron chi connectivity index (χ3n) is 5.63.